The highest BCUT2D eigenvalue weighted by Crippen LogP contribution is 2.35. The summed E-state index contributed by atoms with van der Waals surface area (Å²) in [4.78, 5) is 11.9. The summed E-state index contributed by atoms with van der Waals surface area (Å²) >= 11 is 3.81. The first-order valence-electron chi connectivity index (χ1n) is 6.04. The molecule has 0 saturated carbocycles. The molecule has 0 amide bonds. The average molecular weight is 596 g/mol. The smallest absolute Gasteiger partial charge is 0.381 e. The average Bonchev–Trinajstić information content (AvgIpc) is 2.40. The van der Waals surface area contributed by atoms with Crippen LogP contribution in [0, 0.1) is 20.0 Å². The molecule has 24 heavy (non-hydrogen) atoms. The molecule has 0 saturated heterocycles. The van der Waals surface area contributed by atoms with E-state index in [1.807, 2.05) is 45.2 Å². The molecule has 0 aliphatic carbocycles. The number of benzene rings is 1. The van der Waals surface area contributed by atoms with Crippen LogP contribution in [0.15, 0.2) is 12.1 Å². The van der Waals surface area contributed by atoms with Crippen LogP contribution in [0.4, 0.5) is 17.6 Å². The van der Waals surface area contributed by atoms with Gasteiger partial charge in [0.15, 0.2) is 0 Å². The summed E-state index contributed by atoms with van der Waals surface area (Å²) in [7, 11) is -6.09. The summed E-state index contributed by atoms with van der Waals surface area (Å²) in [6, 6.07) is 3.10. The van der Waals surface area contributed by atoms with E-state index >= 15 is 0 Å². The molecule has 0 aliphatic heterocycles. The molecule has 12 heteroatoms. The largest absolute Gasteiger partial charge is 0.461 e. The second-order valence-electron chi connectivity index (χ2n) is 4.64. The van der Waals surface area contributed by atoms with E-state index in [1.54, 1.807) is 13.0 Å². The highest BCUT2D eigenvalue weighted by molar-refractivity contribution is 14.1. The number of carbonyl (C=O) groups is 1. The molecule has 0 bridgehead atoms. The van der Waals surface area contributed by atoms with Gasteiger partial charge in [-0.2, -0.15) is 17.2 Å². The molecule has 0 spiro atoms. The van der Waals surface area contributed by atoms with E-state index in [9.17, 15) is 30.8 Å². The van der Waals surface area contributed by atoms with Gasteiger partial charge in [0, 0.05) is 7.14 Å². The Morgan fingerprint density at radius 3 is 2.33 bits per heavy atom. The third-order valence-electron chi connectivity index (χ3n) is 3.00. The Morgan fingerprint density at radius 1 is 1.33 bits per heavy atom. The maximum atomic E-state index is 13.4. The Morgan fingerprint density at radius 2 is 1.88 bits per heavy atom. The van der Waals surface area contributed by atoms with Crippen molar-refractivity contribution in [2.45, 2.75) is 18.6 Å². The topological polar surface area (TPSA) is 80.7 Å². The predicted octanol–water partition coefficient (Wildman–Crippen LogP) is 3.72. The lowest BCUT2D eigenvalue weighted by molar-refractivity contribution is -0.0856. The van der Waals surface area contributed by atoms with E-state index in [2.05, 4.69) is 4.74 Å². The summed E-state index contributed by atoms with van der Waals surface area (Å²) in [6.07, 6.45) is -3.84. The lowest BCUT2D eigenvalue weighted by atomic mass is 10.1. The summed E-state index contributed by atoms with van der Waals surface area (Å²) in [5.41, 5.74) is 0.436. The lowest BCUT2D eigenvalue weighted by Gasteiger charge is -2.23. The molecule has 0 radical (unpaired) electrons. The van der Waals surface area contributed by atoms with Gasteiger partial charge in [0.2, 0.25) is 0 Å². The van der Waals surface area contributed by atoms with Gasteiger partial charge in [-0.25, -0.2) is 13.6 Å². The number of ether oxygens (including phenoxy) is 1. The lowest BCUT2D eigenvalue weighted by Crippen LogP contribution is -2.43. The first-order chi connectivity index (χ1) is 10.8. The minimum absolute atomic E-state index is 0.0190. The van der Waals surface area contributed by atoms with Crippen molar-refractivity contribution in [2.75, 3.05) is 6.61 Å². The maximum absolute atomic E-state index is 13.4. The Balaban J connectivity index is 3.03. The van der Waals surface area contributed by atoms with Gasteiger partial charge in [-0.05, 0) is 69.8 Å². The van der Waals surface area contributed by atoms with Crippen LogP contribution in [0.3, 0.4) is 0 Å². The molecule has 0 aromatic heterocycles. The zero-order valence-corrected chi connectivity index (χ0v) is 16.9. The molecule has 1 N–H and O–H groups in total. The standard InChI is InChI=1S/C12H10F4I2O5S/c1-5-7(2-6(17)3-9(5)18)11(19)23-4-8(10(13)14)12(15,16)24(20,21)22/h2-3,8,10H,4H2,1H3,(H,20,21,22). The van der Waals surface area contributed by atoms with Gasteiger partial charge in [0.05, 0.1) is 5.56 Å². The number of alkyl halides is 4. The van der Waals surface area contributed by atoms with Gasteiger partial charge >= 0.3 is 21.3 Å². The van der Waals surface area contributed by atoms with E-state index in [-0.39, 0.29) is 5.56 Å². The fourth-order valence-corrected chi connectivity index (χ4v) is 4.01. The Bertz CT molecular complexity index is 739. The molecular weight excluding hydrogens is 586 g/mol. The molecular formula is C12H10F4I2O5S. The Kier molecular flexibility index (Phi) is 7.26. The fraction of sp³-hybridized carbons (Fsp3) is 0.417. The number of rotatable bonds is 6. The molecule has 1 atom stereocenters. The van der Waals surface area contributed by atoms with Crippen molar-refractivity contribution < 1.29 is 40.1 Å². The molecule has 0 fully saturated rings. The van der Waals surface area contributed by atoms with Crippen molar-refractivity contribution >= 4 is 61.3 Å². The van der Waals surface area contributed by atoms with Crippen LogP contribution in [-0.4, -0.2) is 37.2 Å². The molecule has 1 aromatic rings. The Hall–Kier alpha value is -0.220. The van der Waals surface area contributed by atoms with Crippen molar-refractivity contribution in [1.29, 1.82) is 0 Å². The fourth-order valence-electron chi connectivity index (χ4n) is 1.61. The van der Waals surface area contributed by atoms with Crippen molar-refractivity contribution in [2.24, 2.45) is 5.92 Å². The number of hydrogen-bond donors (Lipinski definition) is 1. The summed E-state index contributed by atoms with van der Waals surface area (Å²) < 4.78 is 87.6. The molecule has 1 unspecified atom stereocenters. The predicted molar refractivity (Wildman–Crippen MR) is 92.9 cm³/mol. The maximum Gasteiger partial charge on any atom is 0.381 e. The van der Waals surface area contributed by atoms with Gasteiger partial charge in [-0.15, -0.1) is 0 Å². The SMILES string of the molecule is Cc1c(I)cc(I)cc1C(=O)OCC(C(F)F)C(F)(F)S(=O)(=O)O. The molecule has 1 aromatic carbocycles. The number of halogens is 6. The van der Waals surface area contributed by atoms with Gasteiger partial charge in [-0.1, -0.05) is 0 Å². The van der Waals surface area contributed by atoms with Crippen LogP contribution >= 0.6 is 45.2 Å². The molecule has 5 nitrogen and oxygen atoms in total. The first-order valence-corrected chi connectivity index (χ1v) is 9.64. The van der Waals surface area contributed by atoms with Crippen LogP contribution < -0.4 is 0 Å². The second-order valence-corrected chi connectivity index (χ2v) is 8.54. The van der Waals surface area contributed by atoms with Crippen LogP contribution in [0.25, 0.3) is 0 Å². The van der Waals surface area contributed by atoms with E-state index < -0.39 is 40.3 Å². The third-order valence-corrected chi connectivity index (χ3v) is 5.74. The number of hydrogen-bond acceptors (Lipinski definition) is 4. The molecule has 0 aliphatic rings. The molecule has 136 valence electrons. The van der Waals surface area contributed by atoms with Crippen molar-refractivity contribution in [3.8, 4) is 0 Å². The van der Waals surface area contributed by atoms with Crippen molar-refractivity contribution in [1.82, 2.24) is 0 Å². The zero-order chi connectivity index (χ0) is 18.9. The van der Waals surface area contributed by atoms with E-state index in [1.165, 1.54) is 6.07 Å². The summed E-state index contributed by atoms with van der Waals surface area (Å²) in [5, 5.41) is -5.16. The Labute approximate surface area is 162 Å². The summed E-state index contributed by atoms with van der Waals surface area (Å²) in [5.74, 6) is -4.35. The van der Waals surface area contributed by atoms with Crippen LogP contribution in [0.2, 0.25) is 0 Å². The second kappa shape index (κ2) is 7.99. The van der Waals surface area contributed by atoms with Crippen LogP contribution in [0.1, 0.15) is 15.9 Å². The van der Waals surface area contributed by atoms with Gasteiger partial charge in [-0.3, -0.25) is 4.55 Å². The van der Waals surface area contributed by atoms with Crippen LogP contribution in [-0.2, 0) is 14.9 Å². The monoisotopic (exact) mass is 596 g/mol. The zero-order valence-electron chi connectivity index (χ0n) is 11.8. The molecule has 0 heterocycles. The summed E-state index contributed by atoms with van der Waals surface area (Å²) in [6.45, 7) is -0.0311. The minimum atomic E-state index is -6.09. The number of esters is 1. The van der Waals surface area contributed by atoms with E-state index in [4.69, 9.17) is 4.55 Å². The van der Waals surface area contributed by atoms with Gasteiger partial charge in [0.25, 0.3) is 6.43 Å². The van der Waals surface area contributed by atoms with E-state index in [0.717, 1.165) is 0 Å². The third kappa shape index (κ3) is 4.91. The number of carbonyl (C=O) groups excluding carboxylic acids is 1. The quantitative estimate of drug-likeness (QED) is 0.235. The highest BCUT2D eigenvalue weighted by atomic mass is 127. The van der Waals surface area contributed by atoms with Gasteiger partial charge < -0.3 is 4.74 Å². The van der Waals surface area contributed by atoms with Crippen molar-refractivity contribution in [3.05, 3.63) is 30.4 Å². The normalized spacial score (nSPS) is 13.9. The van der Waals surface area contributed by atoms with Gasteiger partial charge in [0.1, 0.15) is 12.5 Å². The first kappa shape index (κ1) is 21.8. The minimum Gasteiger partial charge on any atom is -0.461 e. The van der Waals surface area contributed by atoms with E-state index in [0.29, 0.717) is 12.7 Å². The highest BCUT2D eigenvalue weighted by Gasteiger charge is 2.56. The molecule has 1 rings (SSSR count). The van der Waals surface area contributed by atoms with Crippen LogP contribution in [0.5, 0.6) is 0 Å². The van der Waals surface area contributed by atoms with Crippen molar-refractivity contribution in [3.63, 3.8) is 0 Å².